The molecule has 1 unspecified atom stereocenters. The van der Waals surface area contributed by atoms with Crippen LogP contribution in [-0.4, -0.2) is 24.4 Å². The summed E-state index contributed by atoms with van der Waals surface area (Å²) in [6.45, 7) is 0.0253. The molecule has 1 amide bonds. The first kappa shape index (κ1) is 14.7. The third kappa shape index (κ3) is 4.43. The maximum Gasteiger partial charge on any atom is 0.254 e. The highest BCUT2D eigenvalue weighted by Gasteiger charge is 2.16. The number of amides is 1. The number of hydrogen-bond acceptors (Lipinski definition) is 4. The normalized spacial score (nSPS) is 11.6. The van der Waals surface area contributed by atoms with Gasteiger partial charge in [0.2, 0.25) is 0 Å². The zero-order valence-corrected chi connectivity index (χ0v) is 11.5. The van der Waals surface area contributed by atoms with Crippen LogP contribution in [0.15, 0.2) is 60.7 Å². The lowest BCUT2D eigenvalue weighted by Crippen LogP contribution is -2.48. The molecule has 0 saturated carbocycles. The monoisotopic (exact) mass is 283 g/mol. The number of primary amides is 1. The molecule has 21 heavy (non-hydrogen) atoms. The highest BCUT2D eigenvalue weighted by atomic mass is 16.2. The number of ketones is 1. The van der Waals surface area contributed by atoms with Crippen LogP contribution in [0.3, 0.4) is 0 Å². The van der Waals surface area contributed by atoms with Crippen molar-refractivity contribution in [1.82, 2.24) is 5.32 Å². The third-order valence-electron chi connectivity index (χ3n) is 2.93. The Morgan fingerprint density at radius 1 is 0.952 bits per heavy atom. The van der Waals surface area contributed by atoms with Crippen LogP contribution in [0.25, 0.3) is 0 Å². The minimum Gasteiger partial charge on any atom is -0.367 e. The van der Waals surface area contributed by atoms with Crippen molar-refractivity contribution in [3.05, 3.63) is 66.2 Å². The van der Waals surface area contributed by atoms with Crippen molar-refractivity contribution in [1.29, 1.82) is 0 Å². The average Bonchev–Trinajstić information content (AvgIpc) is 2.52. The number of nitrogens with two attached hydrogens (primary N) is 1. The van der Waals surface area contributed by atoms with Crippen LogP contribution < -0.4 is 16.4 Å². The van der Waals surface area contributed by atoms with Gasteiger partial charge in [-0.05, 0) is 12.1 Å². The molecule has 5 nitrogen and oxygen atoms in total. The van der Waals surface area contributed by atoms with E-state index in [4.69, 9.17) is 5.73 Å². The van der Waals surface area contributed by atoms with E-state index in [9.17, 15) is 9.59 Å². The highest BCUT2D eigenvalue weighted by molar-refractivity contribution is 5.98. The van der Waals surface area contributed by atoms with Crippen molar-refractivity contribution in [2.45, 2.75) is 6.17 Å². The Bertz CT molecular complexity index is 599. The number of anilines is 1. The Hall–Kier alpha value is -2.66. The maximum absolute atomic E-state index is 12.0. The van der Waals surface area contributed by atoms with Crippen molar-refractivity contribution < 1.29 is 9.59 Å². The molecule has 0 spiro atoms. The van der Waals surface area contributed by atoms with E-state index < -0.39 is 12.1 Å². The largest absolute Gasteiger partial charge is 0.367 e. The molecule has 0 radical (unpaired) electrons. The van der Waals surface area contributed by atoms with Crippen LogP contribution in [0.2, 0.25) is 0 Å². The lowest BCUT2D eigenvalue weighted by atomic mass is 10.1. The van der Waals surface area contributed by atoms with E-state index >= 15 is 0 Å². The Morgan fingerprint density at radius 3 is 2.10 bits per heavy atom. The molecule has 0 aliphatic rings. The van der Waals surface area contributed by atoms with Crippen molar-refractivity contribution in [3.8, 4) is 0 Å². The smallest absolute Gasteiger partial charge is 0.254 e. The van der Waals surface area contributed by atoms with Gasteiger partial charge in [-0.25, -0.2) is 0 Å². The summed E-state index contributed by atoms with van der Waals surface area (Å²) in [7, 11) is 0. The Labute approximate surface area is 123 Å². The van der Waals surface area contributed by atoms with Crippen LogP contribution in [0.5, 0.6) is 0 Å². The Kier molecular flexibility index (Phi) is 5.06. The fraction of sp³-hybridized carbons (Fsp3) is 0.125. The van der Waals surface area contributed by atoms with E-state index in [2.05, 4.69) is 10.6 Å². The zero-order valence-electron chi connectivity index (χ0n) is 11.5. The molecule has 2 rings (SSSR count). The molecule has 2 aromatic rings. The van der Waals surface area contributed by atoms with Crippen molar-refractivity contribution in [2.75, 3.05) is 11.9 Å². The topological polar surface area (TPSA) is 84.2 Å². The van der Waals surface area contributed by atoms with E-state index in [0.29, 0.717) is 5.56 Å². The van der Waals surface area contributed by atoms with Gasteiger partial charge in [-0.15, -0.1) is 0 Å². The third-order valence-corrected chi connectivity index (χ3v) is 2.93. The molecule has 0 heterocycles. The quantitative estimate of drug-likeness (QED) is 0.529. The minimum atomic E-state index is -0.805. The number of nitrogens with one attached hydrogen (secondary N) is 2. The van der Waals surface area contributed by atoms with Crippen molar-refractivity contribution in [2.24, 2.45) is 5.73 Å². The van der Waals surface area contributed by atoms with Crippen LogP contribution in [-0.2, 0) is 4.79 Å². The predicted molar refractivity (Wildman–Crippen MR) is 81.8 cm³/mol. The zero-order chi connectivity index (χ0) is 15.1. The van der Waals surface area contributed by atoms with Crippen LogP contribution in [0.4, 0.5) is 5.69 Å². The van der Waals surface area contributed by atoms with Crippen LogP contribution in [0, 0.1) is 0 Å². The molecule has 0 saturated heterocycles. The van der Waals surface area contributed by atoms with Gasteiger partial charge < -0.3 is 11.1 Å². The highest BCUT2D eigenvalue weighted by Crippen LogP contribution is 2.06. The Balaban J connectivity index is 1.95. The second-order valence-electron chi connectivity index (χ2n) is 4.52. The Morgan fingerprint density at radius 2 is 1.52 bits per heavy atom. The number of benzene rings is 2. The average molecular weight is 283 g/mol. The molecule has 5 heteroatoms. The molecule has 0 aliphatic heterocycles. The van der Waals surface area contributed by atoms with Crippen LogP contribution >= 0.6 is 0 Å². The van der Waals surface area contributed by atoms with E-state index in [1.807, 2.05) is 36.4 Å². The second kappa shape index (κ2) is 7.21. The minimum absolute atomic E-state index is 0.0253. The summed E-state index contributed by atoms with van der Waals surface area (Å²) in [5.74, 6) is -0.670. The number of carbonyl (C=O) groups excluding carboxylic acids is 2. The van der Waals surface area contributed by atoms with Gasteiger partial charge in [-0.2, -0.15) is 0 Å². The molecule has 0 fully saturated rings. The van der Waals surface area contributed by atoms with Gasteiger partial charge in [0.05, 0.1) is 6.54 Å². The number of Topliss-reactive ketones (excluding diaryl/α,β-unsaturated/α-hetero) is 1. The van der Waals surface area contributed by atoms with E-state index in [0.717, 1.165) is 5.69 Å². The summed E-state index contributed by atoms with van der Waals surface area (Å²) in [6, 6.07) is 18.1. The molecule has 108 valence electrons. The maximum atomic E-state index is 12.0. The summed E-state index contributed by atoms with van der Waals surface area (Å²) in [5.41, 5.74) is 6.68. The number of hydrogen-bond donors (Lipinski definition) is 3. The first-order valence-electron chi connectivity index (χ1n) is 6.59. The standard InChI is InChI=1S/C16H17N3O2/c17-15(21)16(19-13-9-5-2-6-10-13)18-11-14(20)12-7-3-1-4-8-12/h1-10,16,18-19H,11H2,(H2,17,21). The summed E-state index contributed by atoms with van der Waals surface area (Å²) in [6.07, 6.45) is -0.805. The van der Waals surface area contributed by atoms with Gasteiger partial charge >= 0.3 is 0 Å². The fourth-order valence-electron chi connectivity index (χ4n) is 1.84. The lowest BCUT2D eigenvalue weighted by molar-refractivity contribution is -0.119. The molecule has 0 aliphatic carbocycles. The summed E-state index contributed by atoms with van der Waals surface area (Å²) >= 11 is 0. The lowest BCUT2D eigenvalue weighted by Gasteiger charge is -2.17. The fourth-order valence-corrected chi connectivity index (χ4v) is 1.84. The first-order valence-corrected chi connectivity index (χ1v) is 6.59. The van der Waals surface area contributed by atoms with Gasteiger partial charge in [0.1, 0.15) is 0 Å². The van der Waals surface area contributed by atoms with Gasteiger partial charge in [-0.3, -0.25) is 14.9 Å². The predicted octanol–water partition coefficient (Wildman–Crippen LogP) is 1.38. The number of para-hydroxylation sites is 1. The van der Waals surface area contributed by atoms with Gasteiger partial charge in [0, 0.05) is 11.3 Å². The summed E-state index contributed by atoms with van der Waals surface area (Å²) < 4.78 is 0. The van der Waals surface area contributed by atoms with E-state index in [1.165, 1.54) is 0 Å². The first-order chi connectivity index (χ1) is 10.2. The summed E-state index contributed by atoms with van der Waals surface area (Å²) in [5, 5.41) is 5.78. The number of rotatable bonds is 7. The van der Waals surface area contributed by atoms with Gasteiger partial charge in [0.15, 0.2) is 11.9 Å². The van der Waals surface area contributed by atoms with Gasteiger partial charge in [-0.1, -0.05) is 48.5 Å². The molecule has 4 N–H and O–H groups in total. The SMILES string of the molecule is NC(=O)C(NCC(=O)c1ccccc1)Nc1ccccc1. The second-order valence-corrected chi connectivity index (χ2v) is 4.52. The van der Waals surface area contributed by atoms with E-state index in [1.54, 1.807) is 24.3 Å². The molecule has 1 atom stereocenters. The molecular weight excluding hydrogens is 266 g/mol. The molecule has 0 aromatic heterocycles. The molecule has 2 aromatic carbocycles. The van der Waals surface area contributed by atoms with Crippen LogP contribution in [0.1, 0.15) is 10.4 Å². The molecular formula is C16H17N3O2. The van der Waals surface area contributed by atoms with E-state index in [-0.39, 0.29) is 12.3 Å². The summed E-state index contributed by atoms with van der Waals surface area (Å²) in [4.78, 5) is 23.4. The van der Waals surface area contributed by atoms with Crippen molar-refractivity contribution >= 4 is 17.4 Å². The number of carbonyl (C=O) groups is 2. The van der Waals surface area contributed by atoms with Gasteiger partial charge in [0.25, 0.3) is 5.91 Å². The molecule has 0 bridgehead atoms. The van der Waals surface area contributed by atoms with Crippen molar-refractivity contribution in [3.63, 3.8) is 0 Å².